The second-order valence-corrected chi connectivity index (χ2v) is 1.11. The minimum absolute atomic E-state index is 0.326. The Balaban J connectivity index is 2.83. The lowest BCUT2D eigenvalue weighted by Gasteiger charge is -1.90. The molecule has 0 saturated heterocycles. The maximum Gasteiger partial charge on any atom is 0.256 e. The average molecular weight is 111 g/mol. The van der Waals surface area contributed by atoms with Gasteiger partial charge in [-0.15, -0.1) is 5.10 Å². The molecule has 42 valence electrons. The third kappa shape index (κ3) is 0.881. The van der Waals surface area contributed by atoms with Crippen LogP contribution in [0.25, 0.3) is 0 Å². The summed E-state index contributed by atoms with van der Waals surface area (Å²) >= 11 is 0. The summed E-state index contributed by atoms with van der Waals surface area (Å²) in [5.74, 6) is 5.26. The maximum absolute atomic E-state index is 4.93. The molecule has 0 aromatic carbocycles. The standard InChI is InChI=1S/C3H5N5/c4-7-3-5-1-2-6-8-3/h1-2H,4H2,(H,5,7,8). The summed E-state index contributed by atoms with van der Waals surface area (Å²) in [6, 6.07) is 0. The highest BCUT2D eigenvalue weighted by Crippen LogP contribution is 1.83. The predicted molar refractivity (Wildman–Crippen MR) is 27.6 cm³/mol. The summed E-state index contributed by atoms with van der Waals surface area (Å²) < 4.78 is 0. The van der Waals surface area contributed by atoms with E-state index in [1.165, 1.54) is 12.4 Å². The van der Waals surface area contributed by atoms with Crippen LogP contribution in [0.3, 0.4) is 0 Å². The Hall–Kier alpha value is -1.23. The second-order valence-electron chi connectivity index (χ2n) is 1.11. The van der Waals surface area contributed by atoms with Gasteiger partial charge < -0.3 is 0 Å². The van der Waals surface area contributed by atoms with E-state index < -0.39 is 0 Å². The molecule has 3 N–H and O–H groups in total. The number of rotatable bonds is 1. The molecule has 0 radical (unpaired) electrons. The van der Waals surface area contributed by atoms with Gasteiger partial charge in [0.25, 0.3) is 5.95 Å². The van der Waals surface area contributed by atoms with Gasteiger partial charge in [-0.25, -0.2) is 10.8 Å². The van der Waals surface area contributed by atoms with Gasteiger partial charge in [0.05, 0.1) is 12.4 Å². The van der Waals surface area contributed by atoms with Gasteiger partial charge in [-0.05, 0) is 0 Å². The Bertz CT molecular complexity index is 149. The van der Waals surface area contributed by atoms with Crippen molar-refractivity contribution in [3.63, 3.8) is 0 Å². The molecule has 5 nitrogen and oxygen atoms in total. The highest BCUT2D eigenvalue weighted by molar-refractivity contribution is 5.16. The first-order valence-electron chi connectivity index (χ1n) is 2.04. The molecule has 0 saturated carbocycles. The van der Waals surface area contributed by atoms with Gasteiger partial charge in [-0.1, -0.05) is 0 Å². The summed E-state index contributed by atoms with van der Waals surface area (Å²) in [5, 5.41) is 7.00. The number of nitrogens with zero attached hydrogens (tertiary/aromatic N) is 3. The highest BCUT2D eigenvalue weighted by Gasteiger charge is 1.83. The van der Waals surface area contributed by atoms with Gasteiger partial charge in [0, 0.05) is 0 Å². The monoisotopic (exact) mass is 111 g/mol. The van der Waals surface area contributed by atoms with Crippen LogP contribution in [0.1, 0.15) is 0 Å². The van der Waals surface area contributed by atoms with Crippen molar-refractivity contribution in [1.82, 2.24) is 15.2 Å². The van der Waals surface area contributed by atoms with Crippen LogP contribution in [0.15, 0.2) is 12.4 Å². The summed E-state index contributed by atoms with van der Waals surface area (Å²) in [5.41, 5.74) is 2.24. The number of anilines is 1. The van der Waals surface area contributed by atoms with Crippen LogP contribution >= 0.6 is 0 Å². The summed E-state index contributed by atoms with van der Waals surface area (Å²) in [6.45, 7) is 0. The van der Waals surface area contributed by atoms with E-state index in [1.807, 2.05) is 0 Å². The minimum atomic E-state index is 0.326. The summed E-state index contributed by atoms with van der Waals surface area (Å²) in [4.78, 5) is 3.69. The third-order valence-corrected chi connectivity index (χ3v) is 0.612. The topological polar surface area (TPSA) is 76.7 Å². The van der Waals surface area contributed by atoms with E-state index in [2.05, 4.69) is 20.6 Å². The Morgan fingerprint density at radius 1 is 1.50 bits per heavy atom. The zero-order valence-electron chi connectivity index (χ0n) is 4.07. The molecule has 0 atom stereocenters. The molecule has 8 heavy (non-hydrogen) atoms. The molecule has 1 aromatic rings. The third-order valence-electron chi connectivity index (χ3n) is 0.612. The van der Waals surface area contributed by atoms with E-state index in [9.17, 15) is 0 Å². The van der Waals surface area contributed by atoms with E-state index in [4.69, 9.17) is 5.84 Å². The SMILES string of the molecule is NNc1nccnn1. The van der Waals surface area contributed by atoms with Gasteiger partial charge in [-0.2, -0.15) is 5.10 Å². The van der Waals surface area contributed by atoms with Crippen LogP contribution in [0.5, 0.6) is 0 Å². The number of nitrogen functional groups attached to an aromatic ring is 1. The average Bonchev–Trinajstić information content (AvgIpc) is 1.90. The van der Waals surface area contributed by atoms with E-state index in [1.54, 1.807) is 0 Å². The molecule has 1 aromatic heterocycles. The van der Waals surface area contributed by atoms with E-state index in [0.29, 0.717) is 5.95 Å². The quantitative estimate of drug-likeness (QED) is 0.365. The van der Waals surface area contributed by atoms with Crippen molar-refractivity contribution in [2.24, 2.45) is 5.84 Å². The smallest absolute Gasteiger partial charge is 0.256 e. The van der Waals surface area contributed by atoms with Crippen molar-refractivity contribution < 1.29 is 0 Å². The van der Waals surface area contributed by atoms with Crippen molar-refractivity contribution in [3.05, 3.63) is 12.4 Å². The maximum atomic E-state index is 4.93. The molecule has 0 aliphatic carbocycles. The molecule has 1 heterocycles. The number of aromatic nitrogens is 3. The first-order valence-corrected chi connectivity index (χ1v) is 2.04. The van der Waals surface area contributed by atoms with Crippen LogP contribution in [-0.4, -0.2) is 15.2 Å². The molecule has 5 heteroatoms. The van der Waals surface area contributed by atoms with Crippen LogP contribution < -0.4 is 11.3 Å². The number of nitrogens with two attached hydrogens (primary N) is 1. The fraction of sp³-hybridized carbons (Fsp3) is 0. The van der Waals surface area contributed by atoms with Crippen molar-refractivity contribution >= 4 is 5.95 Å². The molecular formula is C3H5N5. The normalized spacial score (nSPS) is 8.62. The summed E-state index contributed by atoms with van der Waals surface area (Å²) in [7, 11) is 0. The van der Waals surface area contributed by atoms with Crippen molar-refractivity contribution in [3.8, 4) is 0 Å². The second kappa shape index (κ2) is 2.17. The molecule has 0 fully saturated rings. The lowest BCUT2D eigenvalue weighted by molar-refractivity contribution is 0.961. The van der Waals surface area contributed by atoms with Crippen LogP contribution in [0, 0.1) is 0 Å². The van der Waals surface area contributed by atoms with E-state index in [0.717, 1.165) is 0 Å². The summed E-state index contributed by atoms with van der Waals surface area (Å²) in [6.07, 6.45) is 2.98. The lowest BCUT2D eigenvalue weighted by Crippen LogP contribution is -2.10. The van der Waals surface area contributed by atoms with Gasteiger partial charge in [0.1, 0.15) is 0 Å². The Morgan fingerprint density at radius 3 is 2.75 bits per heavy atom. The number of nitrogens with one attached hydrogen (secondary N) is 1. The van der Waals surface area contributed by atoms with Crippen LogP contribution in [-0.2, 0) is 0 Å². The molecule has 0 amide bonds. The minimum Gasteiger partial charge on any atom is -0.291 e. The van der Waals surface area contributed by atoms with E-state index >= 15 is 0 Å². The fourth-order valence-corrected chi connectivity index (χ4v) is 0.314. The van der Waals surface area contributed by atoms with Gasteiger partial charge in [0.15, 0.2) is 0 Å². The largest absolute Gasteiger partial charge is 0.291 e. The van der Waals surface area contributed by atoms with Crippen LogP contribution in [0.2, 0.25) is 0 Å². The van der Waals surface area contributed by atoms with Gasteiger partial charge in [-0.3, -0.25) is 5.43 Å². The first-order chi connectivity index (χ1) is 3.93. The molecule has 0 unspecified atom stereocenters. The Morgan fingerprint density at radius 2 is 2.38 bits per heavy atom. The molecule has 0 bridgehead atoms. The zero-order chi connectivity index (χ0) is 5.82. The first kappa shape index (κ1) is 4.92. The molecule has 0 aliphatic heterocycles. The van der Waals surface area contributed by atoms with E-state index in [-0.39, 0.29) is 0 Å². The molecule has 0 spiro atoms. The molecular weight excluding hydrogens is 106 g/mol. The Kier molecular flexibility index (Phi) is 1.34. The van der Waals surface area contributed by atoms with Crippen molar-refractivity contribution in [2.75, 3.05) is 5.43 Å². The number of hydrazine groups is 1. The molecule has 1 rings (SSSR count). The fourth-order valence-electron chi connectivity index (χ4n) is 0.314. The van der Waals surface area contributed by atoms with Gasteiger partial charge in [0.2, 0.25) is 0 Å². The van der Waals surface area contributed by atoms with Gasteiger partial charge >= 0.3 is 0 Å². The Labute approximate surface area is 45.9 Å². The molecule has 0 aliphatic rings. The lowest BCUT2D eigenvalue weighted by atomic mass is 10.9. The van der Waals surface area contributed by atoms with Crippen molar-refractivity contribution in [1.29, 1.82) is 0 Å². The van der Waals surface area contributed by atoms with Crippen molar-refractivity contribution in [2.45, 2.75) is 0 Å². The number of hydrogen-bond acceptors (Lipinski definition) is 5. The van der Waals surface area contributed by atoms with Crippen LogP contribution in [0.4, 0.5) is 5.95 Å². The highest BCUT2D eigenvalue weighted by atomic mass is 15.3. The zero-order valence-corrected chi connectivity index (χ0v) is 4.07. The predicted octanol–water partition coefficient (Wildman–Crippen LogP) is -0.843. The number of hydrogen-bond donors (Lipinski definition) is 2.